The van der Waals surface area contributed by atoms with Crippen molar-refractivity contribution >= 4 is 33.0 Å². The molecule has 34 heavy (non-hydrogen) atoms. The Morgan fingerprint density at radius 1 is 1.03 bits per heavy atom. The third-order valence-corrected chi connectivity index (χ3v) is 7.92. The number of benzene rings is 2. The lowest BCUT2D eigenvalue weighted by atomic mass is 10.1. The van der Waals surface area contributed by atoms with Crippen LogP contribution in [0.25, 0.3) is 0 Å². The van der Waals surface area contributed by atoms with Crippen LogP contribution in [-0.2, 0) is 14.6 Å². The molecule has 1 aromatic heterocycles. The molecule has 1 saturated heterocycles. The number of anilines is 2. The Hall–Kier alpha value is -3.39. The van der Waals surface area contributed by atoms with Crippen LogP contribution in [0.1, 0.15) is 50.1 Å². The van der Waals surface area contributed by atoms with E-state index in [1.165, 1.54) is 0 Å². The van der Waals surface area contributed by atoms with E-state index in [-0.39, 0.29) is 23.3 Å². The number of Topliss-reactive ketones (excluding diaryl/α,β-unsaturated/α-hetero) is 1. The first-order chi connectivity index (χ1) is 16.1. The molecule has 0 saturated carbocycles. The highest BCUT2D eigenvalue weighted by Crippen LogP contribution is 2.29. The fourth-order valence-corrected chi connectivity index (χ4v) is 6.15. The molecule has 2 aromatic carbocycles. The van der Waals surface area contributed by atoms with Gasteiger partial charge in [-0.05, 0) is 57.5 Å². The predicted octanol–water partition coefficient (Wildman–Crippen LogP) is 4.56. The number of nitrogens with zero attached hydrogens (tertiary/aromatic N) is 1. The van der Waals surface area contributed by atoms with Crippen molar-refractivity contribution < 1.29 is 22.7 Å². The van der Waals surface area contributed by atoms with Gasteiger partial charge in [-0.3, -0.25) is 4.79 Å². The number of hydrogen-bond acceptors (Lipinski definition) is 6. The van der Waals surface area contributed by atoms with Crippen molar-refractivity contribution in [1.82, 2.24) is 4.57 Å². The van der Waals surface area contributed by atoms with Gasteiger partial charge in [0.25, 0.3) is 0 Å². The molecule has 0 aliphatic carbocycles. The molecule has 2 heterocycles. The molecule has 0 spiro atoms. The molecule has 1 unspecified atom stereocenters. The van der Waals surface area contributed by atoms with Gasteiger partial charge in [0, 0.05) is 28.7 Å². The zero-order valence-electron chi connectivity index (χ0n) is 19.5. The monoisotopic (exact) mass is 480 g/mol. The minimum atomic E-state index is -3.05. The van der Waals surface area contributed by atoms with Crippen LogP contribution in [0.15, 0.2) is 54.6 Å². The normalized spacial score (nSPS) is 16.9. The summed E-state index contributed by atoms with van der Waals surface area (Å²) in [6, 6.07) is 16.3. The Labute approximate surface area is 199 Å². The lowest BCUT2D eigenvalue weighted by Gasteiger charge is -2.16. The van der Waals surface area contributed by atoms with Crippen molar-refractivity contribution in [3.63, 3.8) is 0 Å². The Kier molecular flexibility index (Phi) is 6.61. The Morgan fingerprint density at radius 2 is 1.74 bits per heavy atom. The second-order valence-electron chi connectivity index (χ2n) is 8.75. The van der Waals surface area contributed by atoms with E-state index >= 15 is 0 Å². The maximum absolute atomic E-state index is 12.9. The summed E-state index contributed by atoms with van der Waals surface area (Å²) in [5.74, 6) is -0.681. The molecule has 0 radical (unpaired) electrons. The number of ketones is 1. The first kappa shape index (κ1) is 23.8. The predicted molar refractivity (Wildman–Crippen MR) is 132 cm³/mol. The van der Waals surface area contributed by atoms with Crippen LogP contribution >= 0.6 is 0 Å². The standard InChI is InChI=1S/C26H28N2O5S/c1-17-8-10-20(11-9-17)27-24-7-5-4-6-22(24)26(30)33-15-25(29)23-14-18(2)28(19(23)3)21-12-13-34(31,32)16-21/h4-11,14,21,27H,12-13,15-16H2,1-3H3. The largest absolute Gasteiger partial charge is 0.454 e. The molecular weight excluding hydrogens is 452 g/mol. The summed E-state index contributed by atoms with van der Waals surface area (Å²) < 4.78 is 31.1. The van der Waals surface area contributed by atoms with E-state index in [0.717, 1.165) is 16.9 Å². The first-order valence-electron chi connectivity index (χ1n) is 11.2. The maximum Gasteiger partial charge on any atom is 0.340 e. The number of nitrogens with one attached hydrogen (secondary N) is 1. The zero-order chi connectivity index (χ0) is 24.5. The van der Waals surface area contributed by atoms with Crippen LogP contribution < -0.4 is 5.32 Å². The molecule has 1 fully saturated rings. The average molecular weight is 481 g/mol. The van der Waals surface area contributed by atoms with Crippen molar-refractivity contribution in [3.8, 4) is 0 Å². The Morgan fingerprint density at radius 3 is 2.41 bits per heavy atom. The second-order valence-corrected chi connectivity index (χ2v) is 11.0. The van der Waals surface area contributed by atoms with Gasteiger partial charge in [-0.25, -0.2) is 13.2 Å². The van der Waals surface area contributed by atoms with E-state index in [9.17, 15) is 18.0 Å². The number of esters is 1. The van der Waals surface area contributed by atoms with Gasteiger partial charge in [-0.2, -0.15) is 0 Å². The number of sulfone groups is 1. The van der Waals surface area contributed by atoms with Gasteiger partial charge in [0.2, 0.25) is 5.78 Å². The van der Waals surface area contributed by atoms with E-state index in [1.54, 1.807) is 31.2 Å². The SMILES string of the molecule is Cc1ccc(Nc2ccccc2C(=O)OCC(=O)c2cc(C)n(C3CCS(=O)(=O)C3)c2C)cc1. The van der Waals surface area contributed by atoms with Gasteiger partial charge in [-0.1, -0.05) is 29.8 Å². The molecule has 8 heteroatoms. The van der Waals surface area contributed by atoms with Crippen molar-refractivity contribution in [2.24, 2.45) is 0 Å². The van der Waals surface area contributed by atoms with Gasteiger partial charge in [0.15, 0.2) is 16.4 Å². The highest BCUT2D eigenvalue weighted by molar-refractivity contribution is 7.91. The molecule has 3 aromatic rings. The minimum absolute atomic E-state index is 0.0801. The number of aromatic nitrogens is 1. The number of aryl methyl sites for hydroxylation is 2. The number of ether oxygens (including phenoxy) is 1. The van der Waals surface area contributed by atoms with Gasteiger partial charge < -0.3 is 14.6 Å². The van der Waals surface area contributed by atoms with Crippen molar-refractivity contribution in [3.05, 3.63) is 82.7 Å². The molecule has 7 nitrogen and oxygen atoms in total. The van der Waals surface area contributed by atoms with Crippen LogP contribution in [0, 0.1) is 20.8 Å². The number of para-hydroxylation sites is 1. The Balaban J connectivity index is 1.46. The summed E-state index contributed by atoms with van der Waals surface area (Å²) in [5, 5.41) is 3.22. The molecule has 1 atom stereocenters. The average Bonchev–Trinajstić information content (AvgIpc) is 3.31. The van der Waals surface area contributed by atoms with E-state index in [0.29, 0.717) is 28.9 Å². The topological polar surface area (TPSA) is 94.5 Å². The lowest BCUT2D eigenvalue weighted by Crippen LogP contribution is -2.17. The van der Waals surface area contributed by atoms with Crippen LogP contribution in [0.2, 0.25) is 0 Å². The maximum atomic E-state index is 12.9. The number of rotatable bonds is 7. The highest BCUT2D eigenvalue weighted by atomic mass is 32.2. The second kappa shape index (κ2) is 9.46. The van der Waals surface area contributed by atoms with E-state index < -0.39 is 22.4 Å². The summed E-state index contributed by atoms with van der Waals surface area (Å²) in [7, 11) is -3.05. The number of hydrogen-bond donors (Lipinski definition) is 1. The quantitative estimate of drug-likeness (QED) is 0.394. The van der Waals surface area contributed by atoms with E-state index in [4.69, 9.17) is 4.74 Å². The Bertz CT molecular complexity index is 1340. The molecule has 0 amide bonds. The molecular formula is C26H28N2O5S. The first-order valence-corrected chi connectivity index (χ1v) is 13.0. The molecule has 1 aliphatic heterocycles. The summed E-state index contributed by atoms with van der Waals surface area (Å²) in [6.07, 6.45) is 0.534. The molecule has 4 rings (SSSR count). The highest BCUT2D eigenvalue weighted by Gasteiger charge is 2.31. The smallest absolute Gasteiger partial charge is 0.340 e. The van der Waals surface area contributed by atoms with Crippen LogP contribution in [0.4, 0.5) is 11.4 Å². The van der Waals surface area contributed by atoms with Crippen LogP contribution in [0.3, 0.4) is 0 Å². The van der Waals surface area contributed by atoms with Crippen molar-refractivity contribution in [2.75, 3.05) is 23.4 Å². The third kappa shape index (κ3) is 5.07. The van der Waals surface area contributed by atoms with E-state index in [1.807, 2.05) is 48.7 Å². The summed E-state index contributed by atoms with van der Waals surface area (Å²) >= 11 is 0. The summed E-state index contributed by atoms with van der Waals surface area (Å²) in [5.41, 5.74) is 4.85. The molecule has 1 N–H and O–H groups in total. The minimum Gasteiger partial charge on any atom is -0.454 e. The lowest BCUT2D eigenvalue weighted by molar-refractivity contribution is 0.0475. The summed E-state index contributed by atoms with van der Waals surface area (Å²) in [6.45, 7) is 5.26. The number of carbonyl (C=O) groups excluding carboxylic acids is 2. The van der Waals surface area contributed by atoms with Crippen LogP contribution in [0.5, 0.6) is 0 Å². The number of carbonyl (C=O) groups is 2. The summed E-state index contributed by atoms with van der Waals surface area (Å²) in [4.78, 5) is 25.7. The van der Waals surface area contributed by atoms with Gasteiger partial charge in [0.05, 0.1) is 22.8 Å². The van der Waals surface area contributed by atoms with Gasteiger partial charge in [-0.15, -0.1) is 0 Å². The third-order valence-electron chi connectivity index (χ3n) is 6.17. The fraction of sp³-hybridized carbons (Fsp3) is 0.308. The fourth-order valence-electron chi connectivity index (χ4n) is 4.45. The molecule has 178 valence electrons. The van der Waals surface area contributed by atoms with Crippen molar-refractivity contribution in [2.45, 2.75) is 33.2 Å². The zero-order valence-corrected chi connectivity index (χ0v) is 20.3. The molecule has 0 bridgehead atoms. The van der Waals surface area contributed by atoms with Crippen LogP contribution in [-0.4, -0.2) is 42.9 Å². The van der Waals surface area contributed by atoms with Crippen molar-refractivity contribution in [1.29, 1.82) is 0 Å². The van der Waals surface area contributed by atoms with Gasteiger partial charge >= 0.3 is 5.97 Å². The van der Waals surface area contributed by atoms with E-state index in [2.05, 4.69) is 5.32 Å². The molecule has 1 aliphatic rings. The van der Waals surface area contributed by atoms with Gasteiger partial charge in [0.1, 0.15) is 0 Å².